The zero-order chi connectivity index (χ0) is 13.0. The van der Waals surface area contributed by atoms with Crippen molar-refractivity contribution in [2.24, 2.45) is 0 Å². The molecule has 0 aromatic heterocycles. The van der Waals surface area contributed by atoms with Crippen molar-refractivity contribution >= 4 is 0 Å². The van der Waals surface area contributed by atoms with Gasteiger partial charge in [-0.05, 0) is 37.6 Å². The number of aryl methyl sites for hydroxylation is 2. The second kappa shape index (κ2) is 6.32. The Morgan fingerprint density at radius 1 is 1.33 bits per heavy atom. The zero-order valence-electron chi connectivity index (χ0n) is 11.8. The van der Waals surface area contributed by atoms with Crippen molar-refractivity contribution in [1.82, 2.24) is 15.5 Å². The first kappa shape index (κ1) is 13.5. The molecule has 2 N–H and O–H groups in total. The molecule has 1 aromatic rings. The van der Waals surface area contributed by atoms with E-state index in [1.807, 2.05) is 0 Å². The normalized spacial score (nSPS) is 21.2. The molecular formula is C15H25N3. The van der Waals surface area contributed by atoms with Crippen LogP contribution >= 0.6 is 0 Å². The van der Waals surface area contributed by atoms with Crippen LogP contribution in [0.5, 0.6) is 0 Å². The van der Waals surface area contributed by atoms with E-state index in [9.17, 15) is 0 Å². The average molecular weight is 247 g/mol. The number of hydrogen-bond donors (Lipinski definition) is 2. The highest BCUT2D eigenvalue weighted by atomic mass is 15.2. The number of piperazine rings is 1. The smallest absolute Gasteiger partial charge is 0.0342 e. The van der Waals surface area contributed by atoms with E-state index < -0.39 is 0 Å². The maximum Gasteiger partial charge on any atom is 0.0342 e. The molecule has 100 valence electrons. The van der Waals surface area contributed by atoms with E-state index >= 15 is 0 Å². The SMILES string of the molecule is Cc1ccc(CNCC2CNCCN2C)cc1C. The Bertz CT molecular complexity index is 389. The van der Waals surface area contributed by atoms with Gasteiger partial charge in [0.15, 0.2) is 0 Å². The van der Waals surface area contributed by atoms with Crippen LogP contribution in [0.15, 0.2) is 18.2 Å². The molecule has 1 unspecified atom stereocenters. The third kappa shape index (κ3) is 3.55. The van der Waals surface area contributed by atoms with Crippen molar-refractivity contribution in [2.75, 3.05) is 33.2 Å². The lowest BCUT2D eigenvalue weighted by Crippen LogP contribution is -2.53. The maximum atomic E-state index is 3.57. The summed E-state index contributed by atoms with van der Waals surface area (Å²) in [4.78, 5) is 2.43. The topological polar surface area (TPSA) is 27.3 Å². The Kier molecular flexibility index (Phi) is 4.75. The highest BCUT2D eigenvalue weighted by Gasteiger charge is 2.17. The van der Waals surface area contributed by atoms with E-state index in [0.717, 1.165) is 32.7 Å². The van der Waals surface area contributed by atoms with E-state index in [1.165, 1.54) is 16.7 Å². The Hall–Kier alpha value is -0.900. The van der Waals surface area contributed by atoms with Gasteiger partial charge in [0, 0.05) is 38.8 Å². The summed E-state index contributed by atoms with van der Waals surface area (Å²) in [6.45, 7) is 9.71. The van der Waals surface area contributed by atoms with Crippen LogP contribution in [-0.2, 0) is 6.54 Å². The standard InChI is InChI=1S/C15H25N3/c1-12-4-5-14(8-13(12)2)9-17-11-15-10-16-6-7-18(15)3/h4-5,8,15-17H,6-7,9-11H2,1-3H3. The average Bonchev–Trinajstić information content (AvgIpc) is 2.36. The van der Waals surface area contributed by atoms with E-state index in [1.54, 1.807) is 0 Å². The van der Waals surface area contributed by atoms with Crippen LogP contribution in [0.2, 0.25) is 0 Å². The van der Waals surface area contributed by atoms with Crippen LogP contribution in [0, 0.1) is 13.8 Å². The van der Waals surface area contributed by atoms with E-state index in [4.69, 9.17) is 0 Å². The van der Waals surface area contributed by atoms with Crippen molar-refractivity contribution in [3.05, 3.63) is 34.9 Å². The first-order chi connectivity index (χ1) is 8.66. The monoisotopic (exact) mass is 247 g/mol. The summed E-state index contributed by atoms with van der Waals surface area (Å²) in [5.74, 6) is 0. The maximum absolute atomic E-state index is 3.57. The lowest BCUT2D eigenvalue weighted by atomic mass is 10.1. The molecule has 2 rings (SSSR count). The summed E-state index contributed by atoms with van der Waals surface area (Å²) in [5.41, 5.74) is 4.13. The van der Waals surface area contributed by atoms with Crippen LogP contribution in [0.25, 0.3) is 0 Å². The zero-order valence-corrected chi connectivity index (χ0v) is 11.8. The van der Waals surface area contributed by atoms with Crippen molar-refractivity contribution < 1.29 is 0 Å². The van der Waals surface area contributed by atoms with Crippen LogP contribution in [0.1, 0.15) is 16.7 Å². The highest BCUT2D eigenvalue weighted by molar-refractivity contribution is 5.29. The molecule has 18 heavy (non-hydrogen) atoms. The molecule has 1 aliphatic rings. The second-order valence-electron chi connectivity index (χ2n) is 5.39. The van der Waals surface area contributed by atoms with Crippen molar-refractivity contribution in [3.63, 3.8) is 0 Å². The number of likely N-dealkylation sites (N-methyl/N-ethyl adjacent to an activating group) is 1. The lowest BCUT2D eigenvalue weighted by Gasteiger charge is -2.33. The fourth-order valence-electron chi connectivity index (χ4n) is 2.39. The molecule has 1 aliphatic heterocycles. The predicted octanol–water partition coefficient (Wildman–Crippen LogP) is 1.30. The third-order valence-electron chi connectivity index (χ3n) is 3.93. The largest absolute Gasteiger partial charge is 0.314 e. The van der Waals surface area contributed by atoms with Crippen molar-refractivity contribution in [3.8, 4) is 0 Å². The van der Waals surface area contributed by atoms with Gasteiger partial charge in [-0.1, -0.05) is 18.2 Å². The molecule has 0 bridgehead atoms. The molecular weight excluding hydrogens is 222 g/mol. The van der Waals surface area contributed by atoms with Gasteiger partial charge in [-0.25, -0.2) is 0 Å². The Morgan fingerprint density at radius 3 is 2.89 bits per heavy atom. The highest BCUT2D eigenvalue weighted by Crippen LogP contribution is 2.09. The number of nitrogens with zero attached hydrogens (tertiary/aromatic N) is 1. The van der Waals surface area contributed by atoms with E-state index in [0.29, 0.717) is 6.04 Å². The summed E-state index contributed by atoms with van der Waals surface area (Å²) >= 11 is 0. The van der Waals surface area contributed by atoms with Gasteiger partial charge in [-0.3, -0.25) is 4.90 Å². The molecule has 1 fully saturated rings. The molecule has 3 nitrogen and oxygen atoms in total. The van der Waals surface area contributed by atoms with Gasteiger partial charge < -0.3 is 10.6 Å². The summed E-state index contributed by atoms with van der Waals surface area (Å²) in [6, 6.07) is 7.33. The van der Waals surface area contributed by atoms with Crippen LogP contribution in [0.4, 0.5) is 0 Å². The van der Waals surface area contributed by atoms with Gasteiger partial charge in [-0.2, -0.15) is 0 Å². The Labute approximate surface area is 111 Å². The summed E-state index contributed by atoms with van der Waals surface area (Å²) in [7, 11) is 2.21. The van der Waals surface area contributed by atoms with Crippen LogP contribution < -0.4 is 10.6 Å². The third-order valence-corrected chi connectivity index (χ3v) is 3.93. The second-order valence-corrected chi connectivity index (χ2v) is 5.39. The molecule has 0 spiro atoms. The number of benzene rings is 1. The minimum absolute atomic E-state index is 0.616. The molecule has 1 atom stereocenters. The van der Waals surface area contributed by atoms with Gasteiger partial charge in [-0.15, -0.1) is 0 Å². The summed E-state index contributed by atoms with van der Waals surface area (Å²) in [5, 5.41) is 7.02. The fraction of sp³-hybridized carbons (Fsp3) is 0.600. The molecule has 3 heteroatoms. The van der Waals surface area contributed by atoms with Gasteiger partial charge >= 0.3 is 0 Å². The number of hydrogen-bond acceptors (Lipinski definition) is 3. The fourth-order valence-corrected chi connectivity index (χ4v) is 2.39. The van der Waals surface area contributed by atoms with Crippen molar-refractivity contribution in [2.45, 2.75) is 26.4 Å². The van der Waals surface area contributed by atoms with Crippen LogP contribution in [0.3, 0.4) is 0 Å². The minimum Gasteiger partial charge on any atom is -0.314 e. The Morgan fingerprint density at radius 2 is 2.17 bits per heavy atom. The van der Waals surface area contributed by atoms with Crippen molar-refractivity contribution in [1.29, 1.82) is 0 Å². The first-order valence-electron chi connectivity index (χ1n) is 6.84. The number of rotatable bonds is 4. The number of nitrogens with one attached hydrogen (secondary N) is 2. The van der Waals surface area contributed by atoms with Gasteiger partial charge in [0.1, 0.15) is 0 Å². The van der Waals surface area contributed by atoms with Crippen LogP contribution in [-0.4, -0.2) is 44.2 Å². The van der Waals surface area contributed by atoms with E-state index in [-0.39, 0.29) is 0 Å². The van der Waals surface area contributed by atoms with E-state index in [2.05, 4.69) is 54.6 Å². The van der Waals surface area contributed by atoms with Gasteiger partial charge in [0.2, 0.25) is 0 Å². The molecule has 0 radical (unpaired) electrons. The molecule has 0 saturated carbocycles. The lowest BCUT2D eigenvalue weighted by molar-refractivity contribution is 0.195. The first-order valence-corrected chi connectivity index (χ1v) is 6.84. The minimum atomic E-state index is 0.616. The molecule has 0 aliphatic carbocycles. The summed E-state index contributed by atoms with van der Waals surface area (Å²) < 4.78 is 0. The molecule has 0 amide bonds. The molecule has 1 saturated heterocycles. The summed E-state index contributed by atoms with van der Waals surface area (Å²) in [6.07, 6.45) is 0. The molecule has 1 aromatic carbocycles. The predicted molar refractivity (Wildman–Crippen MR) is 76.9 cm³/mol. The quantitative estimate of drug-likeness (QED) is 0.840. The van der Waals surface area contributed by atoms with Gasteiger partial charge in [0.05, 0.1) is 0 Å². The molecule has 1 heterocycles. The Balaban J connectivity index is 1.79. The van der Waals surface area contributed by atoms with Gasteiger partial charge in [0.25, 0.3) is 0 Å².